The zero-order valence-electron chi connectivity index (χ0n) is 7.99. The first-order chi connectivity index (χ1) is 7.65. The number of hydrogen-bond acceptors (Lipinski definition) is 2. The highest BCUT2D eigenvalue weighted by molar-refractivity contribution is 9.10. The van der Waals surface area contributed by atoms with Crippen molar-refractivity contribution in [2.75, 3.05) is 0 Å². The summed E-state index contributed by atoms with van der Waals surface area (Å²) < 4.78 is 34.3. The third-order valence-electron chi connectivity index (χ3n) is 1.90. The van der Waals surface area contributed by atoms with Gasteiger partial charge in [-0.3, -0.25) is 0 Å². The lowest BCUT2D eigenvalue weighted by atomic mass is 10.2. The Morgan fingerprint density at radius 1 is 1.25 bits per heavy atom. The van der Waals surface area contributed by atoms with Gasteiger partial charge in [0, 0.05) is 10.0 Å². The molecule has 0 atom stereocenters. The summed E-state index contributed by atoms with van der Waals surface area (Å²) in [5.74, 6) is 0.691. The zero-order chi connectivity index (χ0) is 11.5. The van der Waals surface area contributed by atoms with Gasteiger partial charge in [0.05, 0.1) is 6.26 Å². The molecule has 0 amide bonds. The van der Waals surface area contributed by atoms with Gasteiger partial charge < -0.3 is 9.15 Å². The molecule has 0 fully saturated rings. The number of benzene rings is 1. The van der Waals surface area contributed by atoms with Crippen LogP contribution in [0.3, 0.4) is 0 Å². The molecule has 0 aliphatic rings. The van der Waals surface area contributed by atoms with E-state index >= 15 is 0 Å². The topological polar surface area (TPSA) is 22.4 Å². The molecule has 0 bridgehead atoms. The first-order valence-electron chi connectivity index (χ1n) is 4.44. The van der Waals surface area contributed by atoms with E-state index in [0.717, 1.165) is 0 Å². The summed E-state index contributed by atoms with van der Waals surface area (Å²) in [6.45, 7) is -2.83. The van der Waals surface area contributed by atoms with Crippen LogP contribution in [0.2, 0.25) is 0 Å². The third kappa shape index (κ3) is 2.61. The van der Waals surface area contributed by atoms with Gasteiger partial charge in [0.15, 0.2) is 0 Å². The molecule has 5 heteroatoms. The number of halogens is 3. The molecule has 0 spiro atoms. The first kappa shape index (κ1) is 11.1. The van der Waals surface area contributed by atoms with E-state index < -0.39 is 6.61 Å². The summed E-state index contributed by atoms with van der Waals surface area (Å²) in [4.78, 5) is 0. The van der Waals surface area contributed by atoms with E-state index in [2.05, 4.69) is 20.7 Å². The van der Waals surface area contributed by atoms with Crippen molar-refractivity contribution in [3.63, 3.8) is 0 Å². The molecule has 0 saturated carbocycles. The highest BCUT2D eigenvalue weighted by Gasteiger charge is 2.08. The Morgan fingerprint density at radius 3 is 2.69 bits per heavy atom. The Morgan fingerprint density at radius 2 is 2.06 bits per heavy atom. The van der Waals surface area contributed by atoms with Crippen LogP contribution in [0.5, 0.6) is 5.75 Å². The van der Waals surface area contributed by atoms with Crippen molar-refractivity contribution in [2.24, 2.45) is 0 Å². The minimum absolute atomic E-state index is 0.0933. The quantitative estimate of drug-likeness (QED) is 0.840. The second-order valence-corrected chi connectivity index (χ2v) is 3.95. The fraction of sp³-hybridized carbons (Fsp3) is 0.0909. The minimum atomic E-state index is -2.83. The van der Waals surface area contributed by atoms with Crippen molar-refractivity contribution in [2.45, 2.75) is 6.61 Å². The van der Waals surface area contributed by atoms with Crippen LogP contribution in [-0.2, 0) is 0 Å². The number of furan rings is 1. The van der Waals surface area contributed by atoms with Crippen LogP contribution in [0.1, 0.15) is 0 Å². The van der Waals surface area contributed by atoms with Crippen molar-refractivity contribution < 1.29 is 17.9 Å². The number of ether oxygens (including phenoxy) is 1. The molecule has 2 nitrogen and oxygen atoms in total. The average Bonchev–Trinajstić information content (AvgIpc) is 2.67. The van der Waals surface area contributed by atoms with Gasteiger partial charge in [0.2, 0.25) is 0 Å². The first-order valence-corrected chi connectivity index (χ1v) is 5.24. The molecule has 84 valence electrons. The predicted molar refractivity (Wildman–Crippen MR) is 58.5 cm³/mol. The fourth-order valence-corrected chi connectivity index (χ4v) is 1.79. The van der Waals surface area contributed by atoms with Crippen LogP contribution in [0.25, 0.3) is 11.3 Å². The molecule has 0 saturated heterocycles. The molecule has 0 unspecified atom stereocenters. The Bertz CT molecular complexity index is 469. The highest BCUT2D eigenvalue weighted by atomic mass is 79.9. The van der Waals surface area contributed by atoms with Crippen molar-refractivity contribution in [3.8, 4) is 17.1 Å². The molecule has 1 aromatic heterocycles. The second-order valence-electron chi connectivity index (χ2n) is 3.03. The van der Waals surface area contributed by atoms with Gasteiger partial charge in [-0.2, -0.15) is 8.78 Å². The largest absolute Gasteiger partial charge is 0.464 e. The molecular formula is C11H7BrF2O2. The van der Waals surface area contributed by atoms with Gasteiger partial charge in [-0.15, -0.1) is 0 Å². The number of alkyl halides is 2. The van der Waals surface area contributed by atoms with Crippen LogP contribution in [0, 0.1) is 0 Å². The molecule has 0 radical (unpaired) electrons. The van der Waals surface area contributed by atoms with Crippen LogP contribution in [0.15, 0.2) is 45.5 Å². The highest BCUT2D eigenvalue weighted by Crippen LogP contribution is 2.29. The lowest BCUT2D eigenvalue weighted by molar-refractivity contribution is -0.0498. The fourth-order valence-electron chi connectivity index (χ4n) is 1.32. The maximum absolute atomic E-state index is 12.1. The SMILES string of the molecule is FC(F)Oc1cc(Br)cc(-c2ccco2)c1. The average molecular weight is 289 g/mol. The van der Waals surface area contributed by atoms with Crippen LogP contribution in [0.4, 0.5) is 8.78 Å². The summed E-state index contributed by atoms with van der Waals surface area (Å²) in [7, 11) is 0. The van der Waals surface area contributed by atoms with Gasteiger partial charge in [0.25, 0.3) is 0 Å². The summed E-state index contributed by atoms with van der Waals surface area (Å²) in [5.41, 5.74) is 0.676. The van der Waals surface area contributed by atoms with Gasteiger partial charge in [0.1, 0.15) is 11.5 Å². The maximum atomic E-state index is 12.1. The lowest BCUT2D eigenvalue weighted by Gasteiger charge is -2.06. The van der Waals surface area contributed by atoms with E-state index in [1.807, 2.05) is 0 Å². The molecular weight excluding hydrogens is 282 g/mol. The van der Waals surface area contributed by atoms with Gasteiger partial charge in [-0.05, 0) is 30.3 Å². The molecule has 2 aromatic rings. The van der Waals surface area contributed by atoms with E-state index in [9.17, 15) is 8.78 Å². The standard InChI is InChI=1S/C11H7BrF2O2/c12-8-4-7(10-2-1-3-15-10)5-9(6-8)16-11(13)14/h1-6,11H. The summed E-state index contributed by atoms with van der Waals surface area (Å²) in [6, 6.07) is 8.20. The van der Waals surface area contributed by atoms with Gasteiger partial charge in [-0.1, -0.05) is 15.9 Å². The Balaban J connectivity index is 2.36. The number of hydrogen-bond donors (Lipinski definition) is 0. The van der Waals surface area contributed by atoms with E-state index in [0.29, 0.717) is 15.8 Å². The summed E-state index contributed by atoms with van der Waals surface area (Å²) in [6.07, 6.45) is 1.52. The number of rotatable bonds is 3. The van der Waals surface area contributed by atoms with E-state index in [4.69, 9.17) is 4.42 Å². The Kier molecular flexibility index (Phi) is 3.24. The van der Waals surface area contributed by atoms with E-state index in [1.165, 1.54) is 18.4 Å². The molecule has 1 aromatic carbocycles. The normalized spacial score (nSPS) is 10.8. The maximum Gasteiger partial charge on any atom is 0.387 e. The smallest absolute Gasteiger partial charge is 0.387 e. The van der Waals surface area contributed by atoms with E-state index in [-0.39, 0.29) is 5.75 Å². The van der Waals surface area contributed by atoms with Crippen LogP contribution >= 0.6 is 15.9 Å². The van der Waals surface area contributed by atoms with Crippen molar-refractivity contribution in [1.29, 1.82) is 0 Å². The molecule has 16 heavy (non-hydrogen) atoms. The minimum Gasteiger partial charge on any atom is -0.464 e. The third-order valence-corrected chi connectivity index (χ3v) is 2.36. The van der Waals surface area contributed by atoms with Crippen molar-refractivity contribution in [3.05, 3.63) is 41.1 Å². The molecule has 0 N–H and O–H groups in total. The van der Waals surface area contributed by atoms with Crippen LogP contribution in [-0.4, -0.2) is 6.61 Å². The second kappa shape index (κ2) is 4.65. The van der Waals surface area contributed by atoms with Gasteiger partial charge >= 0.3 is 6.61 Å². The van der Waals surface area contributed by atoms with Crippen molar-refractivity contribution >= 4 is 15.9 Å². The molecule has 2 rings (SSSR count). The van der Waals surface area contributed by atoms with Crippen molar-refractivity contribution in [1.82, 2.24) is 0 Å². The molecule has 0 aliphatic heterocycles. The zero-order valence-corrected chi connectivity index (χ0v) is 9.58. The predicted octanol–water partition coefficient (Wildman–Crippen LogP) is 4.31. The Hall–Kier alpha value is -1.36. The van der Waals surface area contributed by atoms with E-state index in [1.54, 1.807) is 18.2 Å². The molecule has 1 heterocycles. The summed E-state index contributed by atoms with van der Waals surface area (Å²) >= 11 is 3.22. The van der Waals surface area contributed by atoms with Gasteiger partial charge in [-0.25, -0.2) is 0 Å². The summed E-state index contributed by atoms with van der Waals surface area (Å²) in [5, 5.41) is 0. The van der Waals surface area contributed by atoms with Crippen LogP contribution < -0.4 is 4.74 Å². The molecule has 0 aliphatic carbocycles. The lowest BCUT2D eigenvalue weighted by Crippen LogP contribution is -2.01. The Labute approximate surface area is 99.0 Å². The monoisotopic (exact) mass is 288 g/mol.